The van der Waals surface area contributed by atoms with E-state index in [9.17, 15) is 0 Å². The van der Waals surface area contributed by atoms with Crippen molar-refractivity contribution >= 4 is 17.3 Å². The molecule has 1 N–H and O–H groups in total. The van der Waals surface area contributed by atoms with Gasteiger partial charge in [-0.1, -0.05) is 12.1 Å². The number of fused-ring (bicyclic) bond motifs is 1. The van der Waals surface area contributed by atoms with E-state index in [1.165, 1.54) is 11.3 Å². The minimum absolute atomic E-state index is 0.140. The number of aromatic nitrogens is 1. The third-order valence-electron chi connectivity index (χ3n) is 4.06. The number of nitrogens with one attached hydrogen (secondary N) is 1. The van der Waals surface area contributed by atoms with Gasteiger partial charge in [0.1, 0.15) is 5.75 Å². The Labute approximate surface area is 136 Å². The topological polar surface area (TPSA) is 29.4 Å². The Morgan fingerprint density at radius 3 is 2.73 bits per heavy atom. The molecule has 0 unspecified atom stereocenters. The first-order valence-electron chi connectivity index (χ1n) is 7.58. The Balaban J connectivity index is 1.99. The van der Waals surface area contributed by atoms with Crippen LogP contribution in [0.15, 0.2) is 42.6 Å². The molecule has 0 amide bonds. The lowest BCUT2D eigenvalue weighted by molar-refractivity contribution is 0.286. The molecule has 4 nitrogen and oxygen atoms in total. The fourth-order valence-corrected chi connectivity index (χ4v) is 3.33. The molecule has 1 aromatic heterocycles. The molecule has 1 atom stereocenters. The van der Waals surface area contributed by atoms with E-state index < -0.39 is 0 Å². The van der Waals surface area contributed by atoms with Gasteiger partial charge in [0.15, 0.2) is 5.11 Å². The van der Waals surface area contributed by atoms with Crippen molar-refractivity contribution in [1.82, 2.24) is 14.8 Å². The summed E-state index contributed by atoms with van der Waals surface area (Å²) in [6, 6.07) is 12.7. The largest absolute Gasteiger partial charge is 0.497 e. The Morgan fingerprint density at radius 2 is 2.05 bits per heavy atom. The average Bonchev–Trinajstić information content (AvgIpc) is 3.03. The maximum atomic E-state index is 5.58. The van der Waals surface area contributed by atoms with Crippen LogP contribution in [0.4, 0.5) is 0 Å². The van der Waals surface area contributed by atoms with E-state index in [-0.39, 0.29) is 6.04 Å². The van der Waals surface area contributed by atoms with Crippen LogP contribution in [0.5, 0.6) is 5.75 Å². The zero-order chi connectivity index (χ0) is 15.5. The highest BCUT2D eigenvalue weighted by molar-refractivity contribution is 7.80. The molecule has 1 aliphatic rings. The average molecular weight is 315 g/mol. The summed E-state index contributed by atoms with van der Waals surface area (Å²) in [6.45, 7) is 4.78. The van der Waals surface area contributed by atoms with Gasteiger partial charge >= 0.3 is 0 Å². The van der Waals surface area contributed by atoms with Crippen molar-refractivity contribution in [2.75, 3.05) is 20.2 Å². The number of hydrogen-bond donors (Lipinski definition) is 1. The van der Waals surface area contributed by atoms with Crippen LogP contribution in [0, 0.1) is 0 Å². The fourth-order valence-electron chi connectivity index (χ4n) is 2.99. The number of nitrogens with zero attached hydrogens (tertiary/aromatic N) is 2. The second-order valence-electron chi connectivity index (χ2n) is 5.33. The molecule has 116 valence electrons. The standard InChI is InChI=1S/C17H21N3OS/c1-3-18-17(22)20-12-11-19-10-4-5-15(19)16(20)13-6-8-14(21-2)9-7-13/h4-10,16H,3,11-12H2,1-2H3,(H,18,22)/t16-/m1/s1. The van der Waals surface area contributed by atoms with Gasteiger partial charge < -0.3 is 19.5 Å². The molecule has 3 rings (SSSR count). The highest BCUT2D eigenvalue weighted by Crippen LogP contribution is 2.33. The van der Waals surface area contributed by atoms with E-state index >= 15 is 0 Å². The van der Waals surface area contributed by atoms with Crippen LogP contribution in [-0.2, 0) is 6.54 Å². The van der Waals surface area contributed by atoms with Crippen LogP contribution in [0.1, 0.15) is 24.2 Å². The number of ether oxygens (including phenoxy) is 1. The van der Waals surface area contributed by atoms with Crippen molar-refractivity contribution in [2.45, 2.75) is 19.5 Å². The Morgan fingerprint density at radius 1 is 1.27 bits per heavy atom. The summed E-state index contributed by atoms with van der Waals surface area (Å²) in [5, 5.41) is 4.10. The molecule has 2 aromatic rings. The molecule has 0 radical (unpaired) electrons. The fraction of sp³-hybridized carbons (Fsp3) is 0.353. The summed E-state index contributed by atoms with van der Waals surface area (Å²) in [4.78, 5) is 2.27. The normalized spacial score (nSPS) is 17.0. The first kappa shape index (κ1) is 14.9. The molecule has 5 heteroatoms. The van der Waals surface area contributed by atoms with Crippen molar-refractivity contribution in [3.8, 4) is 5.75 Å². The molecular weight excluding hydrogens is 294 g/mol. The van der Waals surface area contributed by atoms with E-state index in [1.807, 2.05) is 12.1 Å². The van der Waals surface area contributed by atoms with Gasteiger partial charge in [-0.2, -0.15) is 0 Å². The SMILES string of the molecule is CCNC(=S)N1CCn2cccc2[C@H]1c1ccc(OC)cc1. The Bertz CT molecular complexity index is 650. The number of methoxy groups -OCH3 is 1. The van der Waals surface area contributed by atoms with Crippen LogP contribution in [0.25, 0.3) is 0 Å². The highest BCUT2D eigenvalue weighted by Gasteiger charge is 2.30. The minimum atomic E-state index is 0.140. The van der Waals surface area contributed by atoms with Crippen LogP contribution in [0.3, 0.4) is 0 Å². The molecule has 0 saturated carbocycles. The van der Waals surface area contributed by atoms with E-state index in [2.05, 4.69) is 52.2 Å². The molecule has 0 aliphatic carbocycles. The number of hydrogen-bond acceptors (Lipinski definition) is 2. The second kappa shape index (κ2) is 6.40. The van der Waals surface area contributed by atoms with Gasteiger partial charge in [0, 0.05) is 31.5 Å². The summed E-state index contributed by atoms with van der Waals surface area (Å²) >= 11 is 5.58. The summed E-state index contributed by atoms with van der Waals surface area (Å²) in [5.74, 6) is 0.871. The first-order chi connectivity index (χ1) is 10.7. The quantitative estimate of drug-likeness (QED) is 0.882. The molecule has 0 bridgehead atoms. The van der Waals surface area contributed by atoms with Crippen LogP contribution in [-0.4, -0.2) is 34.8 Å². The van der Waals surface area contributed by atoms with Crippen molar-refractivity contribution in [3.05, 3.63) is 53.9 Å². The van der Waals surface area contributed by atoms with Gasteiger partial charge in [-0.15, -0.1) is 0 Å². The van der Waals surface area contributed by atoms with Crippen LogP contribution in [0.2, 0.25) is 0 Å². The lowest BCUT2D eigenvalue weighted by Gasteiger charge is -2.39. The molecule has 1 aromatic carbocycles. The molecule has 0 fully saturated rings. The predicted octanol–water partition coefficient (Wildman–Crippen LogP) is 2.80. The Hall–Kier alpha value is -2.01. The summed E-state index contributed by atoms with van der Waals surface area (Å²) in [7, 11) is 1.69. The number of rotatable bonds is 3. The molecule has 0 spiro atoms. The van der Waals surface area contributed by atoms with Gasteiger partial charge in [0.2, 0.25) is 0 Å². The second-order valence-corrected chi connectivity index (χ2v) is 5.72. The summed E-state index contributed by atoms with van der Waals surface area (Å²) in [5.41, 5.74) is 2.50. The molecule has 0 saturated heterocycles. The minimum Gasteiger partial charge on any atom is -0.497 e. The van der Waals surface area contributed by atoms with Gasteiger partial charge in [-0.05, 0) is 49.0 Å². The smallest absolute Gasteiger partial charge is 0.169 e. The first-order valence-corrected chi connectivity index (χ1v) is 7.99. The maximum absolute atomic E-state index is 5.58. The number of benzene rings is 1. The van der Waals surface area contributed by atoms with E-state index in [0.717, 1.165) is 30.5 Å². The van der Waals surface area contributed by atoms with Crippen molar-refractivity contribution < 1.29 is 4.74 Å². The van der Waals surface area contributed by atoms with Gasteiger partial charge in [-0.3, -0.25) is 0 Å². The predicted molar refractivity (Wildman–Crippen MR) is 92.2 cm³/mol. The number of thiocarbonyl (C=S) groups is 1. The lowest BCUT2D eigenvalue weighted by atomic mass is 10.0. The third-order valence-corrected chi connectivity index (χ3v) is 4.44. The van der Waals surface area contributed by atoms with Gasteiger partial charge in [-0.25, -0.2) is 0 Å². The van der Waals surface area contributed by atoms with Crippen LogP contribution >= 0.6 is 12.2 Å². The van der Waals surface area contributed by atoms with Crippen molar-refractivity contribution in [3.63, 3.8) is 0 Å². The summed E-state index contributed by atoms with van der Waals surface area (Å²) in [6.07, 6.45) is 2.14. The van der Waals surface area contributed by atoms with Crippen molar-refractivity contribution in [1.29, 1.82) is 0 Å². The van der Waals surface area contributed by atoms with E-state index in [4.69, 9.17) is 17.0 Å². The molecular formula is C17H21N3OS. The molecule has 2 heterocycles. The summed E-state index contributed by atoms with van der Waals surface area (Å²) < 4.78 is 7.57. The maximum Gasteiger partial charge on any atom is 0.169 e. The van der Waals surface area contributed by atoms with Gasteiger partial charge in [0.05, 0.1) is 13.2 Å². The Kier molecular flexibility index (Phi) is 4.34. The zero-order valence-corrected chi connectivity index (χ0v) is 13.8. The molecule has 1 aliphatic heterocycles. The molecule has 22 heavy (non-hydrogen) atoms. The zero-order valence-electron chi connectivity index (χ0n) is 13.0. The van der Waals surface area contributed by atoms with E-state index in [0.29, 0.717) is 0 Å². The third kappa shape index (κ3) is 2.68. The lowest BCUT2D eigenvalue weighted by Crippen LogP contribution is -2.47. The van der Waals surface area contributed by atoms with E-state index in [1.54, 1.807) is 7.11 Å². The monoisotopic (exact) mass is 315 g/mol. The van der Waals surface area contributed by atoms with Gasteiger partial charge in [0.25, 0.3) is 0 Å². The van der Waals surface area contributed by atoms with Crippen molar-refractivity contribution in [2.24, 2.45) is 0 Å². The highest BCUT2D eigenvalue weighted by atomic mass is 32.1. The van der Waals surface area contributed by atoms with Crippen LogP contribution < -0.4 is 10.1 Å².